The van der Waals surface area contributed by atoms with Crippen molar-refractivity contribution in [2.75, 3.05) is 32.9 Å². The number of hydrogen-bond acceptors (Lipinski definition) is 3. The summed E-state index contributed by atoms with van der Waals surface area (Å²) in [5, 5.41) is 0. The van der Waals surface area contributed by atoms with Gasteiger partial charge in [-0.05, 0) is 37.0 Å². The second-order valence-electron chi connectivity index (χ2n) is 6.57. The first-order chi connectivity index (χ1) is 11.6. The van der Waals surface area contributed by atoms with Gasteiger partial charge in [0.2, 0.25) is 5.91 Å². The van der Waals surface area contributed by atoms with E-state index in [-0.39, 0.29) is 18.4 Å². The molecule has 0 N–H and O–H groups in total. The zero-order valence-electron chi connectivity index (χ0n) is 13.7. The van der Waals surface area contributed by atoms with E-state index in [1.54, 1.807) is 4.90 Å². The Kier molecular flexibility index (Phi) is 5.79. The summed E-state index contributed by atoms with van der Waals surface area (Å²) >= 11 is 0. The SMILES string of the molecule is O=C(Cc1ccc(F)c(F)c1)N1CCC(OC[C@H]2CCOC2)CC1. The van der Waals surface area contributed by atoms with Crippen LogP contribution in [-0.4, -0.2) is 49.8 Å². The Labute approximate surface area is 140 Å². The van der Waals surface area contributed by atoms with Crippen LogP contribution in [0, 0.1) is 17.6 Å². The predicted molar refractivity (Wildman–Crippen MR) is 84.5 cm³/mol. The van der Waals surface area contributed by atoms with Gasteiger partial charge in [0.15, 0.2) is 11.6 Å². The highest BCUT2D eigenvalue weighted by Crippen LogP contribution is 2.19. The minimum Gasteiger partial charge on any atom is -0.381 e. The summed E-state index contributed by atoms with van der Waals surface area (Å²) in [6.45, 7) is 3.63. The Morgan fingerprint density at radius 1 is 1.21 bits per heavy atom. The molecule has 3 rings (SSSR count). The van der Waals surface area contributed by atoms with E-state index in [0.29, 0.717) is 24.6 Å². The molecule has 2 aliphatic heterocycles. The van der Waals surface area contributed by atoms with Crippen LogP contribution in [0.1, 0.15) is 24.8 Å². The summed E-state index contributed by atoms with van der Waals surface area (Å²) < 4.78 is 37.4. The summed E-state index contributed by atoms with van der Waals surface area (Å²) in [4.78, 5) is 14.1. The number of piperidine rings is 1. The molecule has 0 radical (unpaired) electrons. The normalized spacial score (nSPS) is 22.1. The molecular weight excluding hydrogens is 316 g/mol. The Morgan fingerprint density at radius 3 is 2.67 bits per heavy atom. The van der Waals surface area contributed by atoms with Crippen molar-refractivity contribution < 1.29 is 23.0 Å². The lowest BCUT2D eigenvalue weighted by molar-refractivity contribution is -0.133. The van der Waals surface area contributed by atoms with E-state index in [1.165, 1.54) is 6.07 Å². The molecule has 6 heteroatoms. The van der Waals surface area contributed by atoms with Gasteiger partial charge in [0, 0.05) is 25.6 Å². The molecule has 0 spiro atoms. The van der Waals surface area contributed by atoms with Crippen LogP contribution >= 0.6 is 0 Å². The third-order valence-electron chi connectivity index (χ3n) is 4.73. The Morgan fingerprint density at radius 2 is 2.00 bits per heavy atom. The first kappa shape index (κ1) is 17.3. The molecule has 2 heterocycles. The van der Waals surface area contributed by atoms with Crippen LogP contribution in [-0.2, 0) is 20.7 Å². The van der Waals surface area contributed by atoms with Gasteiger partial charge in [-0.25, -0.2) is 8.78 Å². The van der Waals surface area contributed by atoms with E-state index < -0.39 is 11.6 Å². The summed E-state index contributed by atoms with van der Waals surface area (Å²) in [5.41, 5.74) is 0.499. The van der Waals surface area contributed by atoms with Crippen molar-refractivity contribution in [3.63, 3.8) is 0 Å². The Bertz CT molecular complexity index is 567. The predicted octanol–water partition coefficient (Wildman–Crippen LogP) is 2.55. The van der Waals surface area contributed by atoms with E-state index in [9.17, 15) is 13.6 Å². The minimum atomic E-state index is -0.914. The van der Waals surface area contributed by atoms with E-state index in [2.05, 4.69) is 0 Å². The van der Waals surface area contributed by atoms with Crippen molar-refractivity contribution in [2.45, 2.75) is 31.8 Å². The van der Waals surface area contributed by atoms with Crippen LogP contribution in [0.15, 0.2) is 18.2 Å². The molecule has 1 atom stereocenters. The summed E-state index contributed by atoms with van der Waals surface area (Å²) in [7, 11) is 0. The van der Waals surface area contributed by atoms with Crippen LogP contribution in [0.2, 0.25) is 0 Å². The topological polar surface area (TPSA) is 38.8 Å². The Hall–Kier alpha value is -1.53. The maximum absolute atomic E-state index is 13.2. The summed E-state index contributed by atoms with van der Waals surface area (Å²) in [5.74, 6) is -1.36. The molecule has 0 aliphatic carbocycles. The van der Waals surface area contributed by atoms with E-state index in [1.807, 2.05) is 0 Å². The lowest BCUT2D eigenvalue weighted by Gasteiger charge is -2.32. The molecule has 2 saturated heterocycles. The number of ether oxygens (including phenoxy) is 2. The molecule has 0 bridgehead atoms. The third-order valence-corrected chi connectivity index (χ3v) is 4.73. The average molecular weight is 339 g/mol. The number of carbonyl (C=O) groups excluding carboxylic acids is 1. The third kappa shape index (κ3) is 4.51. The molecule has 0 unspecified atom stereocenters. The van der Waals surface area contributed by atoms with Crippen LogP contribution in [0.25, 0.3) is 0 Å². The number of halogens is 2. The fourth-order valence-electron chi connectivity index (χ4n) is 3.19. The van der Waals surface area contributed by atoms with Gasteiger partial charge in [0.1, 0.15) is 0 Å². The number of nitrogens with zero attached hydrogens (tertiary/aromatic N) is 1. The van der Waals surface area contributed by atoms with Gasteiger partial charge in [0.25, 0.3) is 0 Å². The zero-order chi connectivity index (χ0) is 16.9. The van der Waals surface area contributed by atoms with E-state index in [0.717, 1.165) is 51.2 Å². The molecule has 2 fully saturated rings. The number of likely N-dealkylation sites (tertiary alicyclic amines) is 1. The molecule has 132 valence electrons. The summed E-state index contributed by atoms with van der Waals surface area (Å²) in [6.07, 6.45) is 2.99. The van der Waals surface area contributed by atoms with Crippen molar-refractivity contribution in [3.05, 3.63) is 35.4 Å². The zero-order valence-corrected chi connectivity index (χ0v) is 13.7. The highest BCUT2D eigenvalue weighted by atomic mass is 19.2. The van der Waals surface area contributed by atoms with Crippen molar-refractivity contribution in [1.29, 1.82) is 0 Å². The van der Waals surface area contributed by atoms with Crippen LogP contribution in [0.5, 0.6) is 0 Å². The lowest BCUT2D eigenvalue weighted by Crippen LogP contribution is -2.42. The number of carbonyl (C=O) groups is 1. The van der Waals surface area contributed by atoms with Gasteiger partial charge in [-0.1, -0.05) is 6.07 Å². The smallest absolute Gasteiger partial charge is 0.226 e. The highest BCUT2D eigenvalue weighted by molar-refractivity contribution is 5.78. The Balaban J connectivity index is 1.42. The molecular formula is C18H23F2NO3. The van der Waals surface area contributed by atoms with Crippen LogP contribution < -0.4 is 0 Å². The van der Waals surface area contributed by atoms with Gasteiger partial charge in [-0.15, -0.1) is 0 Å². The van der Waals surface area contributed by atoms with Gasteiger partial charge in [-0.3, -0.25) is 4.79 Å². The van der Waals surface area contributed by atoms with Crippen LogP contribution in [0.3, 0.4) is 0 Å². The largest absolute Gasteiger partial charge is 0.381 e. The van der Waals surface area contributed by atoms with Crippen molar-refractivity contribution in [2.24, 2.45) is 5.92 Å². The maximum Gasteiger partial charge on any atom is 0.226 e. The first-order valence-corrected chi connectivity index (χ1v) is 8.53. The van der Waals surface area contributed by atoms with Crippen molar-refractivity contribution >= 4 is 5.91 Å². The van der Waals surface area contributed by atoms with E-state index in [4.69, 9.17) is 9.47 Å². The minimum absolute atomic E-state index is 0.0522. The maximum atomic E-state index is 13.2. The summed E-state index contributed by atoms with van der Waals surface area (Å²) in [6, 6.07) is 3.60. The number of benzene rings is 1. The second kappa shape index (κ2) is 8.03. The van der Waals surface area contributed by atoms with Gasteiger partial charge >= 0.3 is 0 Å². The second-order valence-corrected chi connectivity index (χ2v) is 6.57. The first-order valence-electron chi connectivity index (χ1n) is 8.53. The number of hydrogen-bond donors (Lipinski definition) is 0. The molecule has 1 aromatic rings. The fourth-order valence-corrected chi connectivity index (χ4v) is 3.19. The van der Waals surface area contributed by atoms with Crippen molar-refractivity contribution in [3.8, 4) is 0 Å². The standard InChI is InChI=1S/C18H23F2NO3/c19-16-2-1-13(9-17(16)20)10-18(22)21-6-3-15(4-7-21)24-12-14-5-8-23-11-14/h1-2,9,14-15H,3-8,10-12H2/t14-/m0/s1. The van der Waals surface area contributed by atoms with Gasteiger partial charge in [0.05, 0.1) is 25.7 Å². The highest BCUT2D eigenvalue weighted by Gasteiger charge is 2.25. The molecule has 1 amide bonds. The molecule has 4 nitrogen and oxygen atoms in total. The molecule has 24 heavy (non-hydrogen) atoms. The number of amides is 1. The molecule has 2 aliphatic rings. The van der Waals surface area contributed by atoms with Crippen molar-refractivity contribution in [1.82, 2.24) is 4.90 Å². The average Bonchev–Trinajstić information content (AvgIpc) is 3.10. The molecule has 0 aromatic heterocycles. The monoisotopic (exact) mass is 339 g/mol. The lowest BCUT2D eigenvalue weighted by atomic mass is 10.1. The fraction of sp³-hybridized carbons (Fsp3) is 0.611. The van der Waals surface area contributed by atoms with Crippen LogP contribution in [0.4, 0.5) is 8.78 Å². The molecule has 0 saturated carbocycles. The van der Waals surface area contributed by atoms with E-state index >= 15 is 0 Å². The van der Waals surface area contributed by atoms with Gasteiger partial charge in [-0.2, -0.15) is 0 Å². The molecule has 1 aromatic carbocycles. The van der Waals surface area contributed by atoms with Gasteiger partial charge < -0.3 is 14.4 Å². The quantitative estimate of drug-likeness (QED) is 0.828. The number of rotatable bonds is 5.